The fourth-order valence-electron chi connectivity index (χ4n) is 3.90. The molecule has 164 valence electrons. The molecule has 4 aromatic rings. The molecule has 0 aliphatic carbocycles. The monoisotopic (exact) mass is 471 g/mol. The van der Waals surface area contributed by atoms with Crippen molar-refractivity contribution in [3.05, 3.63) is 58.6 Å². The van der Waals surface area contributed by atoms with Crippen LogP contribution in [0.15, 0.2) is 41.2 Å². The van der Waals surface area contributed by atoms with Crippen molar-refractivity contribution in [1.29, 1.82) is 0 Å². The zero-order chi connectivity index (χ0) is 22.2. The topological polar surface area (TPSA) is 84.1 Å². The average molecular weight is 472 g/mol. The molecule has 1 saturated heterocycles. The predicted molar refractivity (Wildman–Crippen MR) is 124 cm³/mol. The van der Waals surface area contributed by atoms with E-state index in [1.165, 1.54) is 11.4 Å². The Morgan fingerprint density at radius 3 is 2.81 bits per heavy atom. The molecule has 3 aromatic heterocycles. The third-order valence-corrected chi connectivity index (χ3v) is 7.15. The lowest BCUT2D eigenvalue weighted by molar-refractivity contribution is 0.102. The maximum atomic E-state index is 14.1. The first-order valence-corrected chi connectivity index (χ1v) is 11.8. The Kier molecular flexibility index (Phi) is 5.58. The lowest BCUT2D eigenvalue weighted by atomic mass is 10.1. The Balaban J connectivity index is 1.47. The molecule has 4 heterocycles. The van der Waals surface area contributed by atoms with Crippen LogP contribution in [-0.2, 0) is 0 Å². The number of nitrogens with two attached hydrogens (primary N) is 1. The van der Waals surface area contributed by atoms with Gasteiger partial charge in [-0.05, 0) is 36.4 Å². The molecule has 1 unspecified atom stereocenters. The molecule has 1 aromatic carbocycles. The second-order valence-corrected chi connectivity index (χ2v) is 9.37. The fraction of sp³-hybridized carbons (Fsp3) is 0.227. The van der Waals surface area contributed by atoms with Crippen LogP contribution >= 0.6 is 22.7 Å². The number of aromatic nitrogens is 2. The molecular weight excluding hydrogens is 452 g/mol. The van der Waals surface area contributed by atoms with Crippen LogP contribution in [-0.4, -0.2) is 35.0 Å². The van der Waals surface area contributed by atoms with Crippen LogP contribution in [0.1, 0.15) is 23.3 Å². The Morgan fingerprint density at radius 1 is 1.22 bits per heavy atom. The first-order valence-electron chi connectivity index (χ1n) is 10.1. The Hall–Kier alpha value is -2.95. The third kappa shape index (κ3) is 3.85. The summed E-state index contributed by atoms with van der Waals surface area (Å²) >= 11 is 2.57. The van der Waals surface area contributed by atoms with Crippen LogP contribution < -0.4 is 16.0 Å². The number of halogens is 2. The third-order valence-electron chi connectivity index (χ3n) is 5.38. The number of hydrogen-bond acceptors (Lipinski definition) is 7. The van der Waals surface area contributed by atoms with Gasteiger partial charge in [-0.1, -0.05) is 6.07 Å². The SMILES string of the molecule is NC1CCCN(c2c(NC(=O)c3csc(-c4c(F)cccc4F)n3)cnc3ccsc23)C1. The highest BCUT2D eigenvalue weighted by Crippen LogP contribution is 2.38. The van der Waals surface area contributed by atoms with Crippen molar-refractivity contribution in [2.75, 3.05) is 23.3 Å². The molecule has 0 saturated carbocycles. The number of hydrogen-bond donors (Lipinski definition) is 2. The normalized spacial score (nSPS) is 16.5. The largest absolute Gasteiger partial charge is 0.367 e. The fourth-order valence-corrected chi connectivity index (χ4v) is 5.67. The standard InChI is InChI=1S/C22H19F2N5OS2/c23-13-4-1-5-14(24)18(13)22-28-17(11-32-22)21(30)27-16-9-26-15-6-8-31-20(15)19(16)29-7-2-3-12(25)10-29/h1,4-6,8-9,11-12H,2-3,7,10,25H2,(H,27,30). The number of nitrogens with zero attached hydrogens (tertiary/aromatic N) is 3. The number of fused-ring (bicyclic) bond motifs is 1. The quantitative estimate of drug-likeness (QED) is 0.443. The van der Waals surface area contributed by atoms with Gasteiger partial charge in [-0.15, -0.1) is 22.7 Å². The van der Waals surface area contributed by atoms with E-state index in [1.54, 1.807) is 17.5 Å². The first kappa shape index (κ1) is 20.9. The van der Waals surface area contributed by atoms with Gasteiger partial charge in [0.15, 0.2) is 0 Å². The van der Waals surface area contributed by atoms with E-state index < -0.39 is 17.5 Å². The van der Waals surface area contributed by atoms with Crippen LogP contribution in [0.25, 0.3) is 20.8 Å². The zero-order valence-electron chi connectivity index (χ0n) is 16.8. The summed E-state index contributed by atoms with van der Waals surface area (Å²) < 4.78 is 29.2. The van der Waals surface area contributed by atoms with Crippen LogP contribution in [0, 0.1) is 11.6 Å². The van der Waals surface area contributed by atoms with E-state index in [9.17, 15) is 13.6 Å². The van der Waals surface area contributed by atoms with E-state index in [0.717, 1.165) is 58.8 Å². The molecule has 32 heavy (non-hydrogen) atoms. The summed E-state index contributed by atoms with van der Waals surface area (Å²) in [6.07, 6.45) is 3.56. The van der Waals surface area contributed by atoms with E-state index in [4.69, 9.17) is 5.73 Å². The van der Waals surface area contributed by atoms with E-state index in [1.807, 2.05) is 11.4 Å². The highest BCUT2D eigenvalue weighted by Gasteiger charge is 2.24. The molecule has 1 fully saturated rings. The van der Waals surface area contributed by atoms with Gasteiger partial charge in [-0.2, -0.15) is 0 Å². The van der Waals surface area contributed by atoms with Crippen molar-refractivity contribution < 1.29 is 13.6 Å². The number of benzene rings is 1. The van der Waals surface area contributed by atoms with Crippen LogP contribution in [0.3, 0.4) is 0 Å². The second kappa shape index (κ2) is 8.53. The molecule has 0 spiro atoms. The van der Waals surface area contributed by atoms with Gasteiger partial charge in [0.05, 0.1) is 33.4 Å². The number of piperidine rings is 1. The van der Waals surface area contributed by atoms with Gasteiger partial charge in [-0.25, -0.2) is 13.8 Å². The van der Waals surface area contributed by atoms with Crippen molar-refractivity contribution in [3.63, 3.8) is 0 Å². The Bertz CT molecular complexity index is 1280. The van der Waals surface area contributed by atoms with Gasteiger partial charge in [-0.3, -0.25) is 9.78 Å². The molecule has 3 N–H and O–H groups in total. The van der Waals surface area contributed by atoms with Crippen molar-refractivity contribution in [3.8, 4) is 10.6 Å². The molecule has 1 aliphatic heterocycles. The summed E-state index contributed by atoms with van der Waals surface area (Å²) in [6, 6.07) is 5.62. The van der Waals surface area contributed by atoms with Crippen molar-refractivity contribution in [1.82, 2.24) is 9.97 Å². The second-order valence-electron chi connectivity index (χ2n) is 7.59. The van der Waals surface area contributed by atoms with Gasteiger partial charge in [0.25, 0.3) is 5.91 Å². The maximum absolute atomic E-state index is 14.1. The van der Waals surface area contributed by atoms with Gasteiger partial charge < -0.3 is 16.0 Å². The number of carbonyl (C=O) groups is 1. The maximum Gasteiger partial charge on any atom is 0.275 e. The number of thiazole rings is 1. The van der Waals surface area contributed by atoms with Crippen molar-refractivity contribution in [2.24, 2.45) is 5.73 Å². The van der Waals surface area contributed by atoms with Crippen molar-refractivity contribution in [2.45, 2.75) is 18.9 Å². The molecule has 1 atom stereocenters. The number of rotatable bonds is 4. The van der Waals surface area contributed by atoms with Crippen LogP contribution in [0.2, 0.25) is 0 Å². The molecule has 1 aliphatic rings. The number of carbonyl (C=O) groups excluding carboxylic acids is 1. The Labute approximate surface area is 190 Å². The average Bonchev–Trinajstić information content (AvgIpc) is 3.43. The summed E-state index contributed by atoms with van der Waals surface area (Å²) in [4.78, 5) is 23.8. The minimum Gasteiger partial charge on any atom is -0.367 e. The first-order chi connectivity index (χ1) is 15.5. The number of nitrogens with one attached hydrogen (secondary N) is 1. The summed E-state index contributed by atoms with van der Waals surface area (Å²) in [7, 11) is 0. The molecular formula is C22H19F2N5OS2. The summed E-state index contributed by atoms with van der Waals surface area (Å²) in [5.74, 6) is -1.91. The molecule has 5 rings (SSSR count). The minimum atomic E-state index is -0.720. The molecule has 1 amide bonds. The lowest BCUT2D eigenvalue weighted by Gasteiger charge is -2.34. The minimum absolute atomic E-state index is 0.0623. The van der Waals surface area contributed by atoms with E-state index >= 15 is 0 Å². The lowest BCUT2D eigenvalue weighted by Crippen LogP contribution is -2.43. The van der Waals surface area contributed by atoms with Gasteiger partial charge in [0, 0.05) is 24.5 Å². The van der Waals surface area contributed by atoms with Crippen molar-refractivity contribution >= 4 is 50.2 Å². The highest BCUT2D eigenvalue weighted by atomic mass is 32.1. The van der Waals surface area contributed by atoms with E-state index in [2.05, 4.69) is 20.2 Å². The summed E-state index contributed by atoms with van der Waals surface area (Å²) in [5, 5.41) is 6.46. The van der Waals surface area contributed by atoms with Gasteiger partial charge in [0.1, 0.15) is 22.3 Å². The highest BCUT2D eigenvalue weighted by molar-refractivity contribution is 7.17. The molecule has 0 radical (unpaired) electrons. The number of amides is 1. The summed E-state index contributed by atoms with van der Waals surface area (Å²) in [6.45, 7) is 1.52. The molecule has 10 heteroatoms. The Morgan fingerprint density at radius 2 is 2.03 bits per heavy atom. The molecule has 6 nitrogen and oxygen atoms in total. The molecule has 0 bridgehead atoms. The van der Waals surface area contributed by atoms with Crippen LogP contribution in [0.5, 0.6) is 0 Å². The van der Waals surface area contributed by atoms with E-state index in [0.29, 0.717) is 12.2 Å². The number of pyridine rings is 1. The smallest absolute Gasteiger partial charge is 0.275 e. The number of thiophene rings is 1. The van der Waals surface area contributed by atoms with Crippen LogP contribution in [0.4, 0.5) is 20.2 Å². The van der Waals surface area contributed by atoms with E-state index in [-0.39, 0.29) is 22.3 Å². The zero-order valence-corrected chi connectivity index (χ0v) is 18.5. The van der Waals surface area contributed by atoms with Gasteiger partial charge >= 0.3 is 0 Å². The van der Waals surface area contributed by atoms with Gasteiger partial charge in [0.2, 0.25) is 0 Å². The summed E-state index contributed by atoms with van der Waals surface area (Å²) in [5.41, 5.74) is 8.35. The number of anilines is 2. The predicted octanol–water partition coefficient (Wildman–Crippen LogP) is 4.88.